The Bertz CT molecular complexity index is 515. The number of nitrogens with one attached hydrogen (secondary N) is 1. The van der Waals surface area contributed by atoms with Gasteiger partial charge in [-0.25, -0.2) is 0 Å². The number of ether oxygens (including phenoxy) is 1. The average Bonchev–Trinajstić information content (AvgIpc) is 2.50. The molecule has 0 spiro atoms. The van der Waals surface area contributed by atoms with Crippen LogP contribution in [0, 0.1) is 11.8 Å². The summed E-state index contributed by atoms with van der Waals surface area (Å²) in [7, 11) is 0. The molecule has 0 radical (unpaired) electrons. The third-order valence-corrected chi connectivity index (χ3v) is 2.89. The molecule has 1 aromatic rings. The number of carbonyl (C=O) groups excluding carboxylic acids is 1. The summed E-state index contributed by atoms with van der Waals surface area (Å²) >= 11 is 0. The first kappa shape index (κ1) is 17.2. The topological polar surface area (TPSA) is 58.6 Å². The Morgan fingerprint density at radius 3 is 2.81 bits per heavy atom. The van der Waals surface area contributed by atoms with Gasteiger partial charge in [-0.3, -0.25) is 4.79 Å². The first-order chi connectivity index (χ1) is 10.2. The zero-order valence-electron chi connectivity index (χ0n) is 12.7. The fourth-order valence-corrected chi connectivity index (χ4v) is 1.85. The highest BCUT2D eigenvalue weighted by Gasteiger charge is 2.06. The number of aliphatic hydroxyl groups excluding tert-OH is 1. The summed E-state index contributed by atoms with van der Waals surface area (Å²) in [5.41, 5.74) is 2.68. The van der Waals surface area contributed by atoms with Crippen LogP contribution in [0.3, 0.4) is 0 Å². The third kappa shape index (κ3) is 6.44. The van der Waals surface area contributed by atoms with Gasteiger partial charge in [0.25, 0.3) is 0 Å². The van der Waals surface area contributed by atoms with Crippen molar-refractivity contribution in [2.24, 2.45) is 0 Å². The highest BCUT2D eigenvalue weighted by Crippen LogP contribution is 2.18. The number of aliphatic hydroxyl groups is 1. The molecule has 4 nitrogen and oxygen atoms in total. The number of anilines is 1. The van der Waals surface area contributed by atoms with E-state index in [9.17, 15) is 4.79 Å². The lowest BCUT2D eigenvalue weighted by Crippen LogP contribution is -2.15. The van der Waals surface area contributed by atoms with Crippen molar-refractivity contribution in [3.05, 3.63) is 29.3 Å². The van der Waals surface area contributed by atoms with E-state index in [2.05, 4.69) is 17.2 Å². The minimum absolute atomic E-state index is 0.0463. The molecule has 114 valence electrons. The molecule has 0 saturated carbocycles. The Kier molecular flexibility index (Phi) is 8.18. The zero-order chi connectivity index (χ0) is 15.5. The Balaban J connectivity index is 2.63. The van der Waals surface area contributed by atoms with Crippen LogP contribution >= 0.6 is 0 Å². The molecule has 0 atom stereocenters. The lowest BCUT2D eigenvalue weighted by atomic mass is 10.1. The molecule has 0 saturated heterocycles. The number of benzene rings is 1. The van der Waals surface area contributed by atoms with Gasteiger partial charge >= 0.3 is 0 Å². The molecule has 1 amide bonds. The van der Waals surface area contributed by atoms with Gasteiger partial charge < -0.3 is 15.2 Å². The Labute approximate surface area is 126 Å². The summed E-state index contributed by atoms with van der Waals surface area (Å²) in [5.74, 6) is 5.44. The maximum absolute atomic E-state index is 11.8. The Hall–Kier alpha value is -1.83. The standard InChI is InChI=1S/C17H23NO3/c1-3-11-21-12-9-17(20)18-16-8-7-14(6-5-10-19)13-15(16)4-2/h7-8,13,19H,3-4,9-12H2,1-2H3,(H,18,20). The largest absolute Gasteiger partial charge is 0.384 e. The first-order valence-corrected chi connectivity index (χ1v) is 7.31. The Morgan fingerprint density at radius 2 is 2.14 bits per heavy atom. The molecule has 0 aliphatic rings. The third-order valence-electron chi connectivity index (χ3n) is 2.89. The predicted octanol–water partition coefficient (Wildman–Crippen LogP) is 2.35. The summed E-state index contributed by atoms with van der Waals surface area (Å²) in [6.45, 7) is 5.04. The molecule has 4 heteroatoms. The first-order valence-electron chi connectivity index (χ1n) is 7.31. The molecule has 1 aromatic carbocycles. The van der Waals surface area contributed by atoms with Crippen LogP contribution in [0.2, 0.25) is 0 Å². The van der Waals surface area contributed by atoms with Crippen LogP contribution in [0.25, 0.3) is 0 Å². The van der Waals surface area contributed by atoms with E-state index in [1.54, 1.807) is 0 Å². The lowest BCUT2D eigenvalue weighted by Gasteiger charge is -2.10. The molecular weight excluding hydrogens is 266 g/mol. The van der Waals surface area contributed by atoms with Gasteiger partial charge in [0, 0.05) is 17.9 Å². The highest BCUT2D eigenvalue weighted by atomic mass is 16.5. The van der Waals surface area contributed by atoms with Gasteiger partial charge in [0.2, 0.25) is 5.91 Å². The molecule has 21 heavy (non-hydrogen) atoms. The Morgan fingerprint density at radius 1 is 1.33 bits per heavy atom. The smallest absolute Gasteiger partial charge is 0.226 e. The molecule has 0 fully saturated rings. The van der Waals surface area contributed by atoms with E-state index in [0.29, 0.717) is 19.6 Å². The van der Waals surface area contributed by atoms with E-state index in [-0.39, 0.29) is 12.5 Å². The molecule has 0 heterocycles. The summed E-state index contributed by atoms with van der Waals surface area (Å²) in [6, 6.07) is 5.63. The van der Waals surface area contributed by atoms with Gasteiger partial charge in [-0.1, -0.05) is 25.7 Å². The van der Waals surface area contributed by atoms with Crippen molar-refractivity contribution in [2.75, 3.05) is 25.1 Å². The summed E-state index contributed by atoms with van der Waals surface area (Å²) in [6.07, 6.45) is 2.11. The fourth-order valence-electron chi connectivity index (χ4n) is 1.85. The number of rotatable bonds is 7. The quantitative estimate of drug-likeness (QED) is 0.598. The maximum Gasteiger partial charge on any atom is 0.226 e. The van der Waals surface area contributed by atoms with Crippen LogP contribution in [-0.2, 0) is 16.0 Å². The number of carbonyl (C=O) groups is 1. The van der Waals surface area contributed by atoms with Gasteiger partial charge in [-0.05, 0) is 36.6 Å². The summed E-state index contributed by atoms with van der Waals surface area (Å²) in [5, 5.41) is 11.6. The van der Waals surface area contributed by atoms with E-state index in [4.69, 9.17) is 9.84 Å². The molecule has 1 rings (SSSR count). The van der Waals surface area contributed by atoms with Crippen molar-refractivity contribution in [1.29, 1.82) is 0 Å². The van der Waals surface area contributed by atoms with Crippen molar-refractivity contribution in [3.8, 4) is 11.8 Å². The van der Waals surface area contributed by atoms with E-state index < -0.39 is 0 Å². The normalized spacial score (nSPS) is 9.86. The van der Waals surface area contributed by atoms with Crippen molar-refractivity contribution in [1.82, 2.24) is 0 Å². The second-order valence-electron chi connectivity index (χ2n) is 4.60. The van der Waals surface area contributed by atoms with E-state index >= 15 is 0 Å². The van der Waals surface area contributed by atoms with E-state index in [0.717, 1.165) is 29.7 Å². The average molecular weight is 289 g/mol. The number of aryl methyl sites for hydroxylation is 1. The summed E-state index contributed by atoms with van der Waals surface area (Å²) in [4.78, 5) is 11.8. The van der Waals surface area contributed by atoms with Gasteiger partial charge in [-0.15, -0.1) is 0 Å². The van der Waals surface area contributed by atoms with Crippen LogP contribution in [0.15, 0.2) is 18.2 Å². The van der Waals surface area contributed by atoms with Crippen LogP contribution in [0.5, 0.6) is 0 Å². The van der Waals surface area contributed by atoms with Crippen LogP contribution < -0.4 is 5.32 Å². The van der Waals surface area contributed by atoms with Crippen molar-refractivity contribution >= 4 is 11.6 Å². The van der Waals surface area contributed by atoms with Crippen LogP contribution in [0.4, 0.5) is 5.69 Å². The fraction of sp³-hybridized carbons (Fsp3) is 0.471. The maximum atomic E-state index is 11.8. The minimum atomic E-state index is -0.155. The molecule has 0 bridgehead atoms. The molecule has 0 aromatic heterocycles. The van der Waals surface area contributed by atoms with Gasteiger partial charge in [0.05, 0.1) is 13.0 Å². The molecule has 0 unspecified atom stereocenters. The van der Waals surface area contributed by atoms with Crippen molar-refractivity contribution < 1.29 is 14.6 Å². The lowest BCUT2D eigenvalue weighted by molar-refractivity contribution is -0.117. The second kappa shape index (κ2) is 9.98. The van der Waals surface area contributed by atoms with E-state index in [1.807, 2.05) is 32.0 Å². The van der Waals surface area contributed by atoms with Crippen molar-refractivity contribution in [3.63, 3.8) is 0 Å². The molecule has 2 N–H and O–H groups in total. The van der Waals surface area contributed by atoms with E-state index in [1.165, 1.54) is 0 Å². The van der Waals surface area contributed by atoms with Gasteiger partial charge in [-0.2, -0.15) is 0 Å². The molecule has 0 aliphatic heterocycles. The predicted molar refractivity (Wildman–Crippen MR) is 84.1 cm³/mol. The molecule has 0 aliphatic carbocycles. The zero-order valence-corrected chi connectivity index (χ0v) is 12.7. The minimum Gasteiger partial charge on any atom is -0.384 e. The number of hydrogen-bond acceptors (Lipinski definition) is 3. The number of amides is 1. The van der Waals surface area contributed by atoms with Gasteiger partial charge in [0.15, 0.2) is 0 Å². The number of hydrogen-bond donors (Lipinski definition) is 2. The molecular formula is C17H23NO3. The van der Waals surface area contributed by atoms with Gasteiger partial charge in [0.1, 0.15) is 6.61 Å². The SMILES string of the molecule is CCCOCCC(=O)Nc1ccc(C#CCO)cc1CC. The second-order valence-corrected chi connectivity index (χ2v) is 4.60. The monoisotopic (exact) mass is 289 g/mol. The van der Waals surface area contributed by atoms with Crippen LogP contribution in [0.1, 0.15) is 37.8 Å². The van der Waals surface area contributed by atoms with Crippen LogP contribution in [-0.4, -0.2) is 30.8 Å². The summed E-state index contributed by atoms with van der Waals surface area (Å²) < 4.78 is 5.31. The highest BCUT2D eigenvalue weighted by molar-refractivity contribution is 5.91. The van der Waals surface area contributed by atoms with Crippen molar-refractivity contribution in [2.45, 2.75) is 33.1 Å².